The zero-order valence-corrected chi connectivity index (χ0v) is 17.3. The van der Waals surface area contributed by atoms with E-state index in [1.807, 2.05) is 53.4 Å². The Labute approximate surface area is 179 Å². The lowest BCUT2D eigenvalue weighted by molar-refractivity contribution is -0.117. The minimum Gasteiger partial charge on any atom is -0.383 e. The van der Waals surface area contributed by atoms with Crippen molar-refractivity contribution in [1.82, 2.24) is 14.9 Å². The zero-order valence-electron chi connectivity index (χ0n) is 17.3. The lowest BCUT2D eigenvalue weighted by atomic mass is 10.1. The second-order valence-electron chi connectivity index (χ2n) is 7.31. The summed E-state index contributed by atoms with van der Waals surface area (Å²) < 4.78 is 5.20. The summed E-state index contributed by atoms with van der Waals surface area (Å²) in [4.78, 5) is 34.4. The van der Waals surface area contributed by atoms with E-state index in [9.17, 15) is 9.59 Å². The first-order valence-corrected chi connectivity index (χ1v) is 10.1. The highest BCUT2D eigenvalue weighted by molar-refractivity contribution is 6.02. The molecule has 0 radical (unpaired) electrons. The topological polar surface area (TPSA) is 87.3 Å². The second-order valence-corrected chi connectivity index (χ2v) is 7.31. The van der Waals surface area contributed by atoms with Crippen LogP contribution in [0.1, 0.15) is 5.82 Å². The van der Waals surface area contributed by atoms with E-state index in [1.54, 1.807) is 25.3 Å². The first kappa shape index (κ1) is 20.7. The number of aromatic nitrogens is 2. The fourth-order valence-electron chi connectivity index (χ4n) is 3.58. The molecular weight excluding hydrogens is 392 g/mol. The maximum Gasteiger partial charge on any atom is 0.258 e. The number of nitrogens with zero attached hydrogens (tertiary/aromatic N) is 2. The van der Waals surface area contributed by atoms with Gasteiger partial charge in [-0.15, -0.1) is 0 Å². The molecule has 0 aliphatic rings. The number of carbonyl (C=O) groups is 1. The molecule has 0 saturated carbocycles. The Morgan fingerprint density at radius 3 is 2.61 bits per heavy atom. The van der Waals surface area contributed by atoms with Crippen LogP contribution in [0.3, 0.4) is 0 Å². The number of carbonyl (C=O) groups excluding carboxylic acids is 1. The average Bonchev–Trinajstić information content (AvgIpc) is 2.78. The predicted molar refractivity (Wildman–Crippen MR) is 122 cm³/mol. The number of hydrogen-bond acceptors (Lipinski definition) is 5. The maximum atomic E-state index is 12.8. The summed E-state index contributed by atoms with van der Waals surface area (Å²) in [5, 5.41) is 5.60. The monoisotopic (exact) mass is 416 g/mol. The summed E-state index contributed by atoms with van der Waals surface area (Å²) in [7, 11) is 1.62. The number of para-hydroxylation sites is 1. The summed E-state index contributed by atoms with van der Waals surface area (Å²) in [6, 6.07) is 20.9. The van der Waals surface area contributed by atoms with Crippen LogP contribution in [-0.2, 0) is 16.1 Å². The average molecular weight is 416 g/mol. The summed E-state index contributed by atoms with van der Waals surface area (Å²) in [5.74, 6) is 0.369. The van der Waals surface area contributed by atoms with E-state index in [0.29, 0.717) is 36.4 Å². The van der Waals surface area contributed by atoms with Gasteiger partial charge in [0.05, 0.1) is 30.6 Å². The van der Waals surface area contributed by atoms with Gasteiger partial charge in [-0.2, -0.15) is 0 Å². The summed E-state index contributed by atoms with van der Waals surface area (Å²) in [6.45, 7) is 1.45. The molecule has 0 unspecified atom stereocenters. The molecule has 1 heterocycles. The predicted octanol–water partition coefficient (Wildman–Crippen LogP) is 3.16. The summed E-state index contributed by atoms with van der Waals surface area (Å²) in [5.41, 5.74) is 1.22. The molecule has 2 N–H and O–H groups in total. The number of amides is 1. The lowest BCUT2D eigenvalue weighted by Gasteiger charge is -2.21. The Bertz CT molecular complexity index is 1260. The molecule has 0 saturated heterocycles. The van der Waals surface area contributed by atoms with Gasteiger partial charge < -0.3 is 15.0 Å². The highest BCUT2D eigenvalue weighted by Gasteiger charge is 2.14. The number of H-pyrrole nitrogens is 1. The minimum atomic E-state index is -0.188. The smallest absolute Gasteiger partial charge is 0.258 e. The van der Waals surface area contributed by atoms with E-state index in [4.69, 9.17) is 4.74 Å². The van der Waals surface area contributed by atoms with Crippen LogP contribution < -0.4 is 10.9 Å². The minimum absolute atomic E-state index is 0.142. The molecule has 0 spiro atoms. The molecular formula is C24H24N4O3. The van der Waals surface area contributed by atoms with Crippen molar-refractivity contribution in [3.63, 3.8) is 0 Å². The first-order chi connectivity index (χ1) is 15.1. The van der Waals surface area contributed by atoms with Gasteiger partial charge in [0.2, 0.25) is 5.91 Å². The Morgan fingerprint density at radius 1 is 1.03 bits per heavy atom. The van der Waals surface area contributed by atoms with Crippen molar-refractivity contribution in [2.75, 3.05) is 32.1 Å². The Kier molecular flexibility index (Phi) is 6.35. The Balaban J connectivity index is 1.51. The number of hydrogen-bond donors (Lipinski definition) is 2. The van der Waals surface area contributed by atoms with Crippen molar-refractivity contribution < 1.29 is 9.53 Å². The van der Waals surface area contributed by atoms with Crippen LogP contribution in [0.2, 0.25) is 0 Å². The highest BCUT2D eigenvalue weighted by Crippen LogP contribution is 2.22. The number of rotatable bonds is 8. The molecule has 1 amide bonds. The van der Waals surface area contributed by atoms with Crippen molar-refractivity contribution in [1.29, 1.82) is 0 Å². The van der Waals surface area contributed by atoms with Crippen molar-refractivity contribution in [3.8, 4) is 0 Å². The largest absolute Gasteiger partial charge is 0.383 e. The second kappa shape index (κ2) is 9.51. The number of aromatic amines is 1. The van der Waals surface area contributed by atoms with E-state index in [2.05, 4.69) is 15.3 Å². The third-order valence-electron chi connectivity index (χ3n) is 5.08. The Morgan fingerprint density at radius 2 is 1.77 bits per heavy atom. The Hall–Kier alpha value is -3.55. The fourth-order valence-corrected chi connectivity index (χ4v) is 3.58. The van der Waals surface area contributed by atoms with Crippen molar-refractivity contribution in [2.45, 2.75) is 6.54 Å². The van der Waals surface area contributed by atoms with Gasteiger partial charge in [0, 0.05) is 24.7 Å². The van der Waals surface area contributed by atoms with Crippen LogP contribution in [0, 0.1) is 0 Å². The summed E-state index contributed by atoms with van der Waals surface area (Å²) in [6.07, 6.45) is 0. The third-order valence-corrected chi connectivity index (χ3v) is 5.08. The van der Waals surface area contributed by atoms with Gasteiger partial charge in [-0.1, -0.05) is 48.5 Å². The molecule has 158 valence electrons. The number of anilines is 1. The highest BCUT2D eigenvalue weighted by atomic mass is 16.5. The molecule has 7 nitrogen and oxygen atoms in total. The van der Waals surface area contributed by atoms with Crippen LogP contribution in [0.4, 0.5) is 5.69 Å². The number of methoxy groups -OCH3 is 1. The molecule has 3 aromatic carbocycles. The van der Waals surface area contributed by atoms with E-state index in [-0.39, 0.29) is 18.0 Å². The van der Waals surface area contributed by atoms with Crippen LogP contribution >= 0.6 is 0 Å². The van der Waals surface area contributed by atoms with Crippen LogP contribution in [0.5, 0.6) is 0 Å². The van der Waals surface area contributed by atoms with Gasteiger partial charge in [0.15, 0.2) is 0 Å². The molecule has 0 fully saturated rings. The van der Waals surface area contributed by atoms with E-state index in [1.165, 1.54) is 0 Å². The normalized spacial score (nSPS) is 11.3. The molecule has 4 rings (SSSR count). The molecule has 31 heavy (non-hydrogen) atoms. The van der Waals surface area contributed by atoms with E-state index >= 15 is 0 Å². The quantitative estimate of drug-likeness (QED) is 0.461. The molecule has 1 aromatic heterocycles. The van der Waals surface area contributed by atoms with Gasteiger partial charge in [-0.05, 0) is 23.6 Å². The lowest BCUT2D eigenvalue weighted by Crippen LogP contribution is -2.36. The molecule has 0 aliphatic carbocycles. The van der Waals surface area contributed by atoms with Crippen LogP contribution in [0.25, 0.3) is 21.7 Å². The van der Waals surface area contributed by atoms with Crippen LogP contribution in [-0.4, -0.2) is 47.6 Å². The molecule has 0 atom stereocenters. The number of ether oxygens (including phenoxy) is 1. The van der Waals surface area contributed by atoms with E-state index < -0.39 is 0 Å². The van der Waals surface area contributed by atoms with Crippen molar-refractivity contribution in [3.05, 3.63) is 82.9 Å². The number of nitrogens with one attached hydrogen (secondary N) is 2. The molecule has 0 bridgehead atoms. The van der Waals surface area contributed by atoms with Gasteiger partial charge in [-0.3, -0.25) is 14.5 Å². The van der Waals surface area contributed by atoms with E-state index in [0.717, 1.165) is 16.5 Å². The third kappa shape index (κ3) is 4.96. The first-order valence-electron chi connectivity index (χ1n) is 10.1. The summed E-state index contributed by atoms with van der Waals surface area (Å²) >= 11 is 0. The zero-order chi connectivity index (χ0) is 21.6. The van der Waals surface area contributed by atoms with Crippen molar-refractivity contribution >= 4 is 33.3 Å². The maximum absolute atomic E-state index is 12.8. The van der Waals surface area contributed by atoms with Gasteiger partial charge >= 0.3 is 0 Å². The van der Waals surface area contributed by atoms with Crippen LogP contribution in [0.15, 0.2) is 71.5 Å². The van der Waals surface area contributed by atoms with Gasteiger partial charge in [-0.25, -0.2) is 4.98 Å². The SMILES string of the molecule is COCCN(CC(=O)Nc1cccc2ccccc12)Cc1nc2ccccc2c(=O)[nH]1. The fraction of sp³-hybridized carbons (Fsp3) is 0.208. The number of fused-ring (bicyclic) bond motifs is 2. The number of benzene rings is 3. The van der Waals surface area contributed by atoms with Crippen molar-refractivity contribution in [2.24, 2.45) is 0 Å². The van der Waals surface area contributed by atoms with Gasteiger partial charge in [0.25, 0.3) is 5.56 Å². The van der Waals surface area contributed by atoms with Gasteiger partial charge in [0.1, 0.15) is 5.82 Å². The standard InChI is InChI=1S/C24H24N4O3/c1-31-14-13-28(15-22-25-21-11-5-4-10-19(21)24(30)27-22)16-23(29)26-20-12-6-8-17-7-2-3-9-18(17)20/h2-12H,13-16H2,1H3,(H,26,29)(H,25,27,30). The molecule has 7 heteroatoms. The molecule has 0 aliphatic heterocycles. The molecule has 4 aromatic rings.